The zero-order valence-corrected chi connectivity index (χ0v) is 12.5. The summed E-state index contributed by atoms with van der Waals surface area (Å²) in [5, 5.41) is 3.17. The summed E-state index contributed by atoms with van der Waals surface area (Å²) in [5.41, 5.74) is 0. The fraction of sp³-hybridized carbons (Fsp3) is 0.333. The number of nitrogens with zero attached hydrogens (tertiary/aromatic N) is 1. The summed E-state index contributed by atoms with van der Waals surface area (Å²) in [6, 6.07) is 4.84. The van der Waals surface area contributed by atoms with E-state index in [0.29, 0.717) is 28.0 Å². The highest BCUT2D eigenvalue weighted by atomic mass is 35.5. The molecule has 1 aromatic carbocycles. The molecule has 1 aromatic rings. The largest absolute Gasteiger partial charge is 0.336 e. The van der Waals surface area contributed by atoms with Crippen molar-refractivity contribution < 1.29 is 9.59 Å². The Hall–Kier alpha value is -0.910. The minimum atomic E-state index is -0.429. The summed E-state index contributed by atoms with van der Waals surface area (Å²) >= 11 is 13.4. The topological polar surface area (TPSA) is 49.4 Å². The molecule has 1 fully saturated rings. The molecule has 2 rings (SSSR count). The van der Waals surface area contributed by atoms with Gasteiger partial charge in [0.1, 0.15) is 0 Å². The van der Waals surface area contributed by atoms with Crippen molar-refractivity contribution >= 4 is 46.9 Å². The molecule has 102 valence electrons. The first kappa shape index (κ1) is 14.5. The molecular formula is C12H12Cl2N2O2S. The first-order chi connectivity index (χ1) is 9.00. The monoisotopic (exact) mass is 318 g/mol. The summed E-state index contributed by atoms with van der Waals surface area (Å²) in [6.07, 6.45) is 0. The molecule has 3 amide bonds. The van der Waals surface area contributed by atoms with Crippen LogP contribution in [0.4, 0.5) is 4.79 Å². The molecule has 7 heteroatoms. The molecule has 4 nitrogen and oxygen atoms in total. The molecule has 19 heavy (non-hydrogen) atoms. The van der Waals surface area contributed by atoms with Gasteiger partial charge in [0.25, 0.3) is 0 Å². The minimum absolute atomic E-state index is 0.240. The first-order valence-corrected chi connectivity index (χ1v) is 7.34. The number of hydrogen-bond acceptors (Lipinski definition) is 3. The Kier molecular flexibility index (Phi) is 4.60. The molecule has 0 bridgehead atoms. The molecule has 1 N–H and O–H groups in total. The van der Waals surface area contributed by atoms with Crippen LogP contribution in [0.1, 0.15) is 6.92 Å². The van der Waals surface area contributed by atoms with Gasteiger partial charge in [0.2, 0.25) is 5.91 Å². The molecule has 1 atom stereocenters. The third-order valence-corrected chi connectivity index (χ3v) is 4.77. The van der Waals surface area contributed by atoms with Crippen molar-refractivity contribution in [1.82, 2.24) is 10.2 Å². The van der Waals surface area contributed by atoms with Gasteiger partial charge in [0.15, 0.2) is 0 Å². The van der Waals surface area contributed by atoms with E-state index < -0.39 is 5.25 Å². The quantitative estimate of drug-likeness (QED) is 0.871. The predicted molar refractivity (Wildman–Crippen MR) is 76.9 cm³/mol. The van der Waals surface area contributed by atoms with E-state index in [-0.39, 0.29) is 11.9 Å². The maximum atomic E-state index is 12.1. The summed E-state index contributed by atoms with van der Waals surface area (Å²) in [4.78, 5) is 25.4. The Morgan fingerprint density at radius 3 is 2.58 bits per heavy atom. The standard InChI is InChI=1S/C12H12Cl2N2O2S/c1-7(11(17)16-6-5-15-12(16)18)19-10-8(13)3-2-4-9(10)14/h2-4,7H,5-6H2,1H3,(H,15,18)/t7-/m0/s1. The normalized spacial score (nSPS) is 16.4. The first-order valence-electron chi connectivity index (χ1n) is 5.70. The van der Waals surface area contributed by atoms with Crippen LogP contribution in [0.2, 0.25) is 10.0 Å². The molecule has 1 saturated heterocycles. The Bertz CT molecular complexity index is 504. The van der Waals surface area contributed by atoms with Crippen molar-refractivity contribution in [1.29, 1.82) is 0 Å². The molecule has 0 spiro atoms. The van der Waals surface area contributed by atoms with Gasteiger partial charge in [-0.1, -0.05) is 29.3 Å². The van der Waals surface area contributed by atoms with Crippen molar-refractivity contribution in [3.8, 4) is 0 Å². The second kappa shape index (κ2) is 6.03. The zero-order valence-electron chi connectivity index (χ0n) is 10.2. The van der Waals surface area contributed by atoms with Gasteiger partial charge in [0.05, 0.1) is 15.3 Å². The lowest BCUT2D eigenvalue weighted by atomic mass is 10.4. The van der Waals surface area contributed by atoms with Crippen LogP contribution in [0.3, 0.4) is 0 Å². The number of carbonyl (C=O) groups excluding carboxylic acids is 2. The molecule has 1 heterocycles. The summed E-state index contributed by atoms with van der Waals surface area (Å²) in [7, 11) is 0. The second-order valence-corrected chi connectivity index (χ2v) is 6.20. The van der Waals surface area contributed by atoms with Crippen LogP contribution < -0.4 is 5.32 Å². The molecule has 0 unspecified atom stereocenters. The third-order valence-electron chi connectivity index (χ3n) is 2.68. The van der Waals surface area contributed by atoms with E-state index in [2.05, 4.69) is 5.32 Å². The number of benzene rings is 1. The van der Waals surface area contributed by atoms with Gasteiger partial charge in [-0.05, 0) is 19.1 Å². The fourth-order valence-electron chi connectivity index (χ4n) is 1.72. The SMILES string of the molecule is C[C@H](Sc1c(Cl)cccc1Cl)C(=O)N1CCNC1=O. The highest BCUT2D eigenvalue weighted by molar-refractivity contribution is 8.00. The number of urea groups is 1. The summed E-state index contributed by atoms with van der Waals surface area (Å²) in [5.74, 6) is -0.240. The molecule has 1 aliphatic rings. The average Bonchev–Trinajstić information content (AvgIpc) is 2.79. The van der Waals surface area contributed by atoms with Crippen LogP contribution in [0.15, 0.2) is 23.1 Å². The fourth-order valence-corrected chi connectivity index (χ4v) is 3.33. The van der Waals surface area contributed by atoms with Crippen LogP contribution in [0, 0.1) is 0 Å². The maximum Gasteiger partial charge on any atom is 0.324 e. The molecule has 0 radical (unpaired) electrons. The van der Waals surface area contributed by atoms with E-state index in [1.54, 1.807) is 25.1 Å². The van der Waals surface area contributed by atoms with Crippen LogP contribution in [-0.4, -0.2) is 35.2 Å². The molecular weight excluding hydrogens is 307 g/mol. The van der Waals surface area contributed by atoms with E-state index in [9.17, 15) is 9.59 Å². The van der Waals surface area contributed by atoms with Crippen molar-refractivity contribution in [3.63, 3.8) is 0 Å². The number of halogens is 2. The van der Waals surface area contributed by atoms with Gasteiger partial charge < -0.3 is 5.32 Å². The average molecular weight is 319 g/mol. The van der Waals surface area contributed by atoms with E-state index in [1.807, 2.05) is 0 Å². The molecule has 0 aromatic heterocycles. The van der Waals surface area contributed by atoms with Gasteiger partial charge in [-0.3, -0.25) is 9.69 Å². The van der Waals surface area contributed by atoms with Crippen LogP contribution in [0.5, 0.6) is 0 Å². The number of hydrogen-bond donors (Lipinski definition) is 1. The second-order valence-electron chi connectivity index (χ2n) is 4.03. The molecule has 0 aliphatic carbocycles. The Labute approximate surface area is 125 Å². The Balaban J connectivity index is 2.10. The van der Waals surface area contributed by atoms with Crippen molar-refractivity contribution in [3.05, 3.63) is 28.2 Å². The predicted octanol–water partition coefficient (Wildman–Crippen LogP) is 3.03. The highest BCUT2D eigenvalue weighted by Crippen LogP contribution is 2.36. The van der Waals surface area contributed by atoms with Crippen molar-refractivity contribution in [2.45, 2.75) is 17.1 Å². The number of thioether (sulfide) groups is 1. The molecule has 0 saturated carbocycles. The number of amides is 3. The highest BCUT2D eigenvalue weighted by Gasteiger charge is 2.30. The van der Waals surface area contributed by atoms with Gasteiger partial charge in [-0.2, -0.15) is 0 Å². The van der Waals surface area contributed by atoms with Crippen molar-refractivity contribution in [2.75, 3.05) is 13.1 Å². The van der Waals surface area contributed by atoms with Crippen LogP contribution >= 0.6 is 35.0 Å². The number of carbonyl (C=O) groups is 2. The van der Waals surface area contributed by atoms with Crippen molar-refractivity contribution in [2.24, 2.45) is 0 Å². The number of imide groups is 1. The van der Waals surface area contributed by atoms with Gasteiger partial charge in [-0.25, -0.2) is 4.79 Å². The molecule has 1 aliphatic heterocycles. The maximum absolute atomic E-state index is 12.1. The number of rotatable bonds is 3. The minimum Gasteiger partial charge on any atom is -0.336 e. The lowest BCUT2D eigenvalue weighted by molar-refractivity contribution is -0.126. The van der Waals surface area contributed by atoms with Crippen LogP contribution in [-0.2, 0) is 4.79 Å². The van der Waals surface area contributed by atoms with Gasteiger partial charge in [-0.15, -0.1) is 11.8 Å². The van der Waals surface area contributed by atoms with E-state index >= 15 is 0 Å². The van der Waals surface area contributed by atoms with Gasteiger partial charge in [0, 0.05) is 18.0 Å². The van der Waals surface area contributed by atoms with Crippen LogP contribution in [0.25, 0.3) is 0 Å². The summed E-state index contributed by atoms with van der Waals surface area (Å²) in [6.45, 7) is 2.63. The van der Waals surface area contributed by atoms with Gasteiger partial charge >= 0.3 is 6.03 Å². The van der Waals surface area contributed by atoms with E-state index in [4.69, 9.17) is 23.2 Å². The number of nitrogens with one attached hydrogen (secondary N) is 1. The Morgan fingerprint density at radius 1 is 1.42 bits per heavy atom. The Morgan fingerprint density at radius 2 is 2.05 bits per heavy atom. The summed E-state index contributed by atoms with van der Waals surface area (Å²) < 4.78 is 0. The lowest BCUT2D eigenvalue weighted by Crippen LogP contribution is -2.38. The zero-order chi connectivity index (χ0) is 14.0. The smallest absolute Gasteiger partial charge is 0.324 e. The van der Waals surface area contributed by atoms with E-state index in [1.165, 1.54) is 16.7 Å². The van der Waals surface area contributed by atoms with E-state index in [0.717, 1.165) is 0 Å². The lowest BCUT2D eigenvalue weighted by Gasteiger charge is -2.18. The third kappa shape index (κ3) is 3.16.